The van der Waals surface area contributed by atoms with Gasteiger partial charge < -0.3 is 10.6 Å². The molecule has 0 saturated carbocycles. The molecule has 5 heteroatoms. The number of benzene rings is 2. The Kier molecular flexibility index (Phi) is 5.61. The van der Waals surface area contributed by atoms with E-state index in [0.717, 1.165) is 12.1 Å². The minimum atomic E-state index is -0.239. The minimum absolute atomic E-state index is 0.00954. The number of aryl methyl sites for hydroxylation is 1. The van der Waals surface area contributed by atoms with Gasteiger partial charge in [0.05, 0.1) is 0 Å². The van der Waals surface area contributed by atoms with E-state index in [1.165, 1.54) is 12.5 Å². The van der Waals surface area contributed by atoms with Crippen molar-refractivity contribution in [3.8, 4) is 0 Å². The molecule has 2 aromatic carbocycles. The van der Waals surface area contributed by atoms with Crippen LogP contribution >= 0.6 is 0 Å². The lowest BCUT2D eigenvalue weighted by atomic mass is 10.1. The number of nitrogens with zero attached hydrogens (tertiary/aromatic N) is 1. The van der Waals surface area contributed by atoms with Gasteiger partial charge in [-0.15, -0.1) is 0 Å². The van der Waals surface area contributed by atoms with Crippen molar-refractivity contribution in [3.63, 3.8) is 0 Å². The molecule has 0 unspecified atom stereocenters. The van der Waals surface area contributed by atoms with Crippen molar-refractivity contribution in [3.05, 3.63) is 83.6 Å². The van der Waals surface area contributed by atoms with Crippen LogP contribution in [0.15, 0.2) is 66.9 Å². The standard InChI is InChI=1S/C22H21N3O2/c1-3-16-4-8-19(9-5-16)24-21-14-18(12-13-23-21)22(27)25-20-10-6-17(7-11-20)15(2)26/h4-14H,3H2,1-2H3,(H,23,24)(H,25,27). The van der Waals surface area contributed by atoms with Gasteiger partial charge in [-0.1, -0.05) is 19.1 Å². The molecular weight excluding hydrogens is 338 g/mol. The molecule has 0 radical (unpaired) electrons. The fourth-order valence-corrected chi connectivity index (χ4v) is 2.60. The molecule has 3 aromatic rings. The maximum Gasteiger partial charge on any atom is 0.255 e. The number of hydrogen-bond donors (Lipinski definition) is 2. The number of Topliss-reactive ketones (excluding diaryl/α,β-unsaturated/α-hetero) is 1. The van der Waals surface area contributed by atoms with Gasteiger partial charge in [-0.05, 0) is 67.4 Å². The van der Waals surface area contributed by atoms with Crippen LogP contribution in [-0.2, 0) is 6.42 Å². The number of pyridine rings is 1. The highest BCUT2D eigenvalue weighted by atomic mass is 16.1. The first-order chi connectivity index (χ1) is 13.0. The summed E-state index contributed by atoms with van der Waals surface area (Å²) in [6.45, 7) is 3.62. The first-order valence-electron chi connectivity index (χ1n) is 8.79. The first kappa shape index (κ1) is 18.3. The second-order valence-corrected chi connectivity index (χ2v) is 6.19. The quantitative estimate of drug-likeness (QED) is 0.618. The van der Waals surface area contributed by atoms with Gasteiger partial charge in [0.25, 0.3) is 5.91 Å². The molecule has 3 rings (SSSR count). The monoisotopic (exact) mass is 359 g/mol. The van der Waals surface area contributed by atoms with Gasteiger partial charge in [0, 0.05) is 28.7 Å². The van der Waals surface area contributed by atoms with E-state index in [4.69, 9.17) is 0 Å². The Morgan fingerprint density at radius 1 is 0.889 bits per heavy atom. The molecule has 1 aromatic heterocycles. The van der Waals surface area contributed by atoms with E-state index in [1.54, 1.807) is 42.6 Å². The van der Waals surface area contributed by atoms with Gasteiger partial charge in [-0.25, -0.2) is 4.98 Å². The van der Waals surface area contributed by atoms with Crippen molar-refractivity contribution in [2.24, 2.45) is 0 Å². The van der Waals surface area contributed by atoms with Crippen LogP contribution in [0, 0.1) is 0 Å². The van der Waals surface area contributed by atoms with Crippen molar-refractivity contribution < 1.29 is 9.59 Å². The zero-order chi connectivity index (χ0) is 19.2. The van der Waals surface area contributed by atoms with Crippen LogP contribution in [0.4, 0.5) is 17.2 Å². The van der Waals surface area contributed by atoms with E-state index in [-0.39, 0.29) is 11.7 Å². The summed E-state index contributed by atoms with van der Waals surface area (Å²) in [5, 5.41) is 6.03. The zero-order valence-electron chi connectivity index (χ0n) is 15.3. The molecule has 0 spiro atoms. The normalized spacial score (nSPS) is 10.3. The molecule has 0 aliphatic rings. The fraction of sp³-hybridized carbons (Fsp3) is 0.136. The Balaban J connectivity index is 1.70. The Labute approximate surface area is 158 Å². The average molecular weight is 359 g/mol. The lowest BCUT2D eigenvalue weighted by Crippen LogP contribution is -2.12. The van der Waals surface area contributed by atoms with Crippen molar-refractivity contribution in [1.29, 1.82) is 0 Å². The molecule has 136 valence electrons. The molecule has 0 bridgehead atoms. The van der Waals surface area contributed by atoms with Gasteiger partial charge >= 0.3 is 0 Å². The Hall–Kier alpha value is -3.47. The first-order valence-corrected chi connectivity index (χ1v) is 8.79. The van der Waals surface area contributed by atoms with E-state index < -0.39 is 0 Å². The van der Waals surface area contributed by atoms with Crippen LogP contribution in [0.5, 0.6) is 0 Å². The third-order valence-electron chi connectivity index (χ3n) is 4.21. The molecule has 0 aliphatic carbocycles. The summed E-state index contributed by atoms with van der Waals surface area (Å²) in [4.78, 5) is 28.1. The molecule has 0 saturated heterocycles. The second-order valence-electron chi connectivity index (χ2n) is 6.19. The number of amides is 1. The Morgan fingerprint density at radius 2 is 1.56 bits per heavy atom. The third-order valence-corrected chi connectivity index (χ3v) is 4.21. The predicted molar refractivity (Wildman–Crippen MR) is 108 cm³/mol. The SMILES string of the molecule is CCc1ccc(Nc2cc(C(=O)Nc3ccc(C(C)=O)cc3)ccn2)cc1. The summed E-state index contributed by atoms with van der Waals surface area (Å²) in [6, 6.07) is 18.3. The summed E-state index contributed by atoms with van der Waals surface area (Å²) in [5.74, 6) is 0.348. The largest absolute Gasteiger partial charge is 0.340 e. The van der Waals surface area contributed by atoms with Gasteiger partial charge in [0.2, 0.25) is 0 Å². The topological polar surface area (TPSA) is 71.1 Å². The number of hydrogen-bond acceptors (Lipinski definition) is 4. The number of nitrogens with one attached hydrogen (secondary N) is 2. The van der Waals surface area contributed by atoms with Gasteiger partial charge in [-0.2, -0.15) is 0 Å². The number of aromatic nitrogens is 1. The molecular formula is C22H21N3O2. The lowest BCUT2D eigenvalue weighted by Gasteiger charge is -2.09. The maximum atomic E-state index is 12.5. The van der Waals surface area contributed by atoms with Crippen LogP contribution in [0.2, 0.25) is 0 Å². The van der Waals surface area contributed by atoms with Crippen LogP contribution in [0.1, 0.15) is 40.1 Å². The number of rotatable bonds is 6. The second kappa shape index (κ2) is 8.27. The van der Waals surface area contributed by atoms with E-state index in [2.05, 4.69) is 34.7 Å². The molecule has 0 fully saturated rings. The zero-order valence-corrected chi connectivity index (χ0v) is 15.3. The van der Waals surface area contributed by atoms with Gasteiger partial charge in [0.15, 0.2) is 5.78 Å². The van der Waals surface area contributed by atoms with Crippen molar-refractivity contribution >= 4 is 28.9 Å². The Bertz CT molecular complexity index is 948. The Morgan fingerprint density at radius 3 is 2.19 bits per heavy atom. The average Bonchev–Trinajstić information content (AvgIpc) is 2.69. The maximum absolute atomic E-state index is 12.5. The van der Waals surface area contributed by atoms with Crippen molar-refractivity contribution in [2.75, 3.05) is 10.6 Å². The van der Waals surface area contributed by atoms with Crippen LogP contribution in [0.3, 0.4) is 0 Å². The lowest BCUT2D eigenvalue weighted by molar-refractivity contribution is 0.101. The minimum Gasteiger partial charge on any atom is -0.340 e. The van der Waals surface area contributed by atoms with E-state index in [1.807, 2.05) is 12.1 Å². The molecule has 5 nitrogen and oxygen atoms in total. The van der Waals surface area contributed by atoms with E-state index in [9.17, 15) is 9.59 Å². The smallest absolute Gasteiger partial charge is 0.255 e. The number of carbonyl (C=O) groups excluding carboxylic acids is 2. The fourth-order valence-electron chi connectivity index (χ4n) is 2.60. The van der Waals surface area contributed by atoms with Crippen LogP contribution in [0.25, 0.3) is 0 Å². The van der Waals surface area contributed by atoms with Crippen LogP contribution in [-0.4, -0.2) is 16.7 Å². The molecule has 27 heavy (non-hydrogen) atoms. The van der Waals surface area contributed by atoms with Crippen molar-refractivity contribution in [2.45, 2.75) is 20.3 Å². The summed E-state index contributed by atoms with van der Waals surface area (Å²) in [5.41, 5.74) is 3.91. The molecule has 1 amide bonds. The third kappa shape index (κ3) is 4.79. The van der Waals surface area contributed by atoms with Crippen LogP contribution < -0.4 is 10.6 Å². The van der Waals surface area contributed by atoms with Gasteiger partial charge in [0.1, 0.15) is 5.82 Å². The molecule has 0 atom stereocenters. The molecule has 2 N–H and O–H groups in total. The molecule has 0 aliphatic heterocycles. The van der Waals surface area contributed by atoms with E-state index in [0.29, 0.717) is 22.6 Å². The molecule has 1 heterocycles. The summed E-state index contributed by atoms with van der Waals surface area (Å²) in [6.07, 6.45) is 2.58. The number of anilines is 3. The van der Waals surface area contributed by atoms with Gasteiger partial charge in [-0.3, -0.25) is 9.59 Å². The highest BCUT2D eigenvalue weighted by Gasteiger charge is 2.08. The summed E-state index contributed by atoms with van der Waals surface area (Å²) >= 11 is 0. The summed E-state index contributed by atoms with van der Waals surface area (Å²) in [7, 11) is 0. The highest BCUT2D eigenvalue weighted by molar-refractivity contribution is 6.05. The van der Waals surface area contributed by atoms with E-state index >= 15 is 0 Å². The van der Waals surface area contributed by atoms with Crippen molar-refractivity contribution in [1.82, 2.24) is 4.98 Å². The predicted octanol–water partition coefficient (Wildman–Crippen LogP) is 4.84. The number of ketones is 1. The highest BCUT2D eigenvalue weighted by Crippen LogP contribution is 2.18. The summed E-state index contributed by atoms with van der Waals surface area (Å²) < 4.78 is 0. The number of carbonyl (C=O) groups is 2.